The Kier molecular flexibility index (Phi) is 8.56. The zero-order chi connectivity index (χ0) is 22.1. The number of urea groups is 1. The van der Waals surface area contributed by atoms with E-state index in [1.54, 1.807) is 4.90 Å². The Balaban J connectivity index is 1.69. The Bertz CT molecular complexity index is 827. The number of aromatic nitrogens is 1. The number of amides is 3. The molecule has 0 bridgehead atoms. The monoisotopic (exact) mass is 424 g/mol. The van der Waals surface area contributed by atoms with Crippen LogP contribution >= 0.6 is 0 Å². The predicted octanol–water partition coefficient (Wildman–Crippen LogP) is 4.31. The summed E-state index contributed by atoms with van der Waals surface area (Å²) >= 11 is 0. The van der Waals surface area contributed by atoms with Crippen molar-refractivity contribution in [1.29, 1.82) is 0 Å². The van der Waals surface area contributed by atoms with Crippen molar-refractivity contribution in [3.05, 3.63) is 59.9 Å². The van der Waals surface area contributed by atoms with Crippen LogP contribution in [0.15, 0.2) is 48.7 Å². The Morgan fingerprint density at radius 2 is 1.74 bits per heavy atom. The number of carbonyl (C=O) groups excluding carboxylic acids is 2. The minimum Gasteiger partial charge on any atom is -0.353 e. The van der Waals surface area contributed by atoms with Crippen molar-refractivity contribution in [3.8, 4) is 0 Å². The lowest BCUT2D eigenvalue weighted by Gasteiger charge is -2.30. The molecule has 1 heterocycles. The van der Waals surface area contributed by atoms with Crippen LogP contribution in [0.4, 0.5) is 4.79 Å². The van der Waals surface area contributed by atoms with Crippen molar-refractivity contribution in [3.63, 3.8) is 0 Å². The molecule has 3 rings (SSSR count). The SMILES string of the molecule is CCCN(CC(=O)N(Cc1ccccc1)Cc1cccn1C)C(=O)NC1CCCCC1. The van der Waals surface area contributed by atoms with E-state index in [4.69, 9.17) is 0 Å². The molecule has 1 aromatic heterocycles. The fourth-order valence-corrected chi connectivity index (χ4v) is 4.19. The Morgan fingerprint density at radius 3 is 2.39 bits per heavy atom. The summed E-state index contributed by atoms with van der Waals surface area (Å²) in [5.41, 5.74) is 2.15. The lowest BCUT2D eigenvalue weighted by Crippen LogP contribution is -2.49. The lowest BCUT2D eigenvalue weighted by molar-refractivity contribution is -0.133. The van der Waals surface area contributed by atoms with Crippen LogP contribution in [0, 0.1) is 0 Å². The normalized spacial score (nSPS) is 14.3. The third-order valence-corrected chi connectivity index (χ3v) is 6.01. The van der Waals surface area contributed by atoms with Crippen LogP contribution in [0.5, 0.6) is 0 Å². The first-order valence-electron chi connectivity index (χ1n) is 11.5. The minimum atomic E-state index is -0.111. The van der Waals surface area contributed by atoms with Crippen molar-refractivity contribution in [2.24, 2.45) is 7.05 Å². The molecule has 0 aliphatic heterocycles. The number of hydrogen-bond donors (Lipinski definition) is 1. The van der Waals surface area contributed by atoms with E-state index < -0.39 is 0 Å². The van der Waals surface area contributed by atoms with Gasteiger partial charge in [-0.15, -0.1) is 0 Å². The van der Waals surface area contributed by atoms with Gasteiger partial charge in [0.05, 0.1) is 6.54 Å². The third kappa shape index (κ3) is 6.88. The summed E-state index contributed by atoms with van der Waals surface area (Å²) in [7, 11) is 1.99. The smallest absolute Gasteiger partial charge is 0.318 e. The van der Waals surface area contributed by atoms with E-state index in [-0.39, 0.29) is 24.5 Å². The lowest BCUT2D eigenvalue weighted by atomic mass is 9.96. The van der Waals surface area contributed by atoms with E-state index in [1.807, 2.05) is 72.1 Å². The second-order valence-corrected chi connectivity index (χ2v) is 8.55. The number of nitrogens with one attached hydrogen (secondary N) is 1. The zero-order valence-corrected chi connectivity index (χ0v) is 18.9. The highest BCUT2D eigenvalue weighted by Gasteiger charge is 2.24. The Hall–Kier alpha value is -2.76. The van der Waals surface area contributed by atoms with Crippen molar-refractivity contribution >= 4 is 11.9 Å². The van der Waals surface area contributed by atoms with Gasteiger partial charge in [-0.3, -0.25) is 4.79 Å². The number of rotatable bonds is 9. The fourth-order valence-electron chi connectivity index (χ4n) is 4.19. The molecule has 31 heavy (non-hydrogen) atoms. The Labute approximate surface area is 186 Å². The standard InChI is InChI=1S/C25H36N4O2/c1-3-16-28(25(31)26-22-13-8-5-9-14-22)20-24(30)29(18-21-11-6-4-7-12-21)19-23-15-10-17-27(23)2/h4,6-7,10-12,15,17,22H,3,5,8-9,13-14,16,18-20H2,1-2H3,(H,26,31). The van der Waals surface area contributed by atoms with Crippen molar-refractivity contribution < 1.29 is 9.59 Å². The van der Waals surface area contributed by atoms with Gasteiger partial charge < -0.3 is 19.7 Å². The average molecular weight is 425 g/mol. The maximum atomic E-state index is 13.4. The molecule has 1 fully saturated rings. The summed E-state index contributed by atoms with van der Waals surface area (Å²) in [4.78, 5) is 29.8. The molecule has 0 unspecified atom stereocenters. The highest BCUT2D eigenvalue weighted by Crippen LogP contribution is 2.18. The van der Waals surface area contributed by atoms with Gasteiger partial charge in [0.2, 0.25) is 5.91 Å². The van der Waals surface area contributed by atoms with Crippen LogP contribution in [0.2, 0.25) is 0 Å². The molecule has 168 valence electrons. The Morgan fingerprint density at radius 1 is 1.00 bits per heavy atom. The number of nitrogens with zero attached hydrogens (tertiary/aromatic N) is 3. The molecule has 3 amide bonds. The second-order valence-electron chi connectivity index (χ2n) is 8.55. The highest BCUT2D eigenvalue weighted by molar-refractivity contribution is 5.84. The number of aryl methyl sites for hydroxylation is 1. The van der Waals surface area contributed by atoms with Crippen LogP contribution in [0.3, 0.4) is 0 Å². The third-order valence-electron chi connectivity index (χ3n) is 6.01. The topological polar surface area (TPSA) is 57.6 Å². The average Bonchev–Trinajstić information content (AvgIpc) is 3.18. The molecular formula is C25H36N4O2. The van der Waals surface area contributed by atoms with Crippen LogP contribution in [0.25, 0.3) is 0 Å². The molecular weight excluding hydrogens is 388 g/mol. The molecule has 0 saturated heterocycles. The highest BCUT2D eigenvalue weighted by atomic mass is 16.2. The second kappa shape index (κ2) is 11.6. The van der Waals surface area contributed by atoms with E-state index in [0.29, 0.717) is 19.6 Å². The molecule has 6 heteroatoms. The number of benzene rings is 1. The van der Waals surface area contributed by atoms with Gasteiger partial charge >= 0.3 is 6.03 Å². The van der Waals surface area contributed by atoms with Gasteiger partial charge in [0, 0.05) is 38.1 Å². The predicted molar refractivity (Wildman–Crippen MR) is 123 cm³/mol. The molecule has 0 atom stereocenters. The quantitative estimate of drug-likeness (QED) is 0.652. The van der Waals surface area contributed by atoms with Crippen molar-refractivity contribution in [2.75, 3.05) is 13.1 Å². The van der Waals surface area contributed by atoms with Crippen molar-refractivity contribution in [2.45, 2.75) is 64.6 Å². The first-order chi connectivity index (χ1) is 15.1. The fraction of sp³-hybridized carbons (Fsp3) is 0.520. The molecule has 1 aliphatic carbocycles. The molecule has 1 N–H and O–H groups in total. The van der Waals surface area contributed by atoms with Crippen LogP contribution < -0.4 is 5.32 Å². The van der Waals surface area contributed by atoms with Gasteiger partial charge in [-0.2, -0.15) is 0 Å². The van der Waals surface area contributed by atoms with Gasteiger partial charge in [0.15, 0.2) is 0 Å². The van der Waals surface area contributed by atoms with Crippen LogP contribution in [-0.2, 0) is 24.9 Å². The molecule has 6 nitrogen and oxygen atoms in total. The maximum absolute atomic E-state index is 13.4. The first kappa shape index (κ1) is 22.9. The van der Waals surface area contributed by atoms with Gasteiger partial charge in [-0.05, 0) is 37.0 Å². The molecule has 1 saturated carbocycles. The minimum absolute atomic E-state index is 0.0303. The molecule has 0 radical (unpaired) electrons. The zero-order valence-electron chi connectivity index (χ0n) is 18.9. The molecule has 1 aliphatic rings. The van der Waals surface area contributed by atoms with Crippen molar-refractivity contribution in [1.82, 2.24) is 19.7 Å². The van der Waals surface area contributed by atoms with E-state index in [1.165, 1.54) is 19.3 Å². The van der Waals surface area contributed by atoms with Gasteiger partial charge in [-0.1, -0.05) is 56.5 Å². The largest absolute Gasteiger partial charge is 0.353 e. The maximum Gasteiger partial charge on any atom is 0.318 e. The van der Waals surface area contributed by atoms with Gasteiger partial charge in [0.1, 0.15) is 6.54 Å². The van der Waals surface area contributed by atoms with Crippen LogP contribution in [0.1, 0.15) is 56.7 Å². The summed E-state index contributed by atoms with van der Waals surface area (Å²) in [6.07, 6.45) is 8.46. The summed E-state index contributed by atoms with van der Waals surface area (Å²) < 4.78 is 2.03. The molecule has 1 aromatic carbocycles. The molecule has 2 aromatic rings. The first-order valence-corrected chi connectivity index (χ1v) is 11.5. The summed E-state index contributed by atoms with van der Waals surface area (Å²) in [6.45, 7) is 3.75. The van der Waals surface area contributed by atoms with E-state index >= 15 is 0 Å². The van der Waals surface area contributed by atoms with E-state index in [0.717, 1.165) is 30.5 Å². The summed E-state index contributed by atoms with van der Waals surface area (Å²) in [5.74, 6) is -0.0303. The van der Waals surface area contributed by atoms with Gasteiger partial charge in [0.25, 0.3) is 0 Å². The summed E-state index contributed by atoms with van der Waals surface area (Å²) in [6, 6.07) is 14.2. The molecule has 0 spiro atoms. The van der Waals surface area contributed by atoms with E-state index in [9.17, 15) is 9.59 Å². The summed E-state index contributed by atoms with van der Waals surface area (Å²) in [5, 5.41) is 3.16. The number of hydrogen-bond acceptors (Lipinski definition) is 2. The van der Waals surface area contributed by atoms with E-state index in [2.05, 4.69) is 5.32 Å². The van der Waals surface area contributed by atoms with Crippen LogP contribution in [-0.4, -0.2) is 45.4 Å². The number of carbonyl (C=O) groups is 2. The van der Waals surface area contributed by atoms with Gasteiger partial charge in [-0.25, -0.2) is 4.79 Å².